The fourth-order valence-electron chi connectivity index (χ4n) is 3.23. The van der Waals surface area contributed by atoms with Gasteiger partial charge in [-0.3, -0.25) is 9.67 Å². The number of aliphatic imine (C=N–C) groups is 1. The van der Waals surface area contributed by atoms with E-state index in [0.717, 1.165) is 37.8 Å². The molecule has 1 aliphatic rings. The smallest absolute Gasteiger partial charge is 0.191 e. The Morgan fingerprint density at radius 1 is 1.25 bits per heavy atom. The average Bonchev–Trinajstić information content (AvgIpc) is 2.89. The molecule has 1 atom stereocenters. The van der Waals surface area contributed by atoms with Crippen molar-refractivity contribution in [2.24, 2.45) is 10.9 Å². The van der Waals surface area contributed by atoms with Crippen molar-refractivity contribution in [2.75, 3.05) is 39.8 Å². The van der Waals surface area contributed by atoms with Crippen molar-refractivity contribution in [3.05, 3.63) is 17.5 Å². The maximum Gasteiger partial charge on any atom is 0.191 e. The fourth-order valence-corrected chi connectivity index (χ4v) is 3.23. The van der Waals surface area contributed by atoms with Gasteiger partial charge in [-0.2, -0.15) is 5.10 Å². The van der Waals surface area contributed by atoms with Crippen LogP contribution in [0, 0.1) is 19.8 Å². The van der Waals surface area contributed by atoms with Crippen LogP contribution in [0.15, 0.2) is 11.1 Å². The number of guanidine groups is 1. The van der Waals surface area contributed by atoms with Crippen LogP contribution in [-0.4, -0.2) is 60.4 Å². The summed E-state index contributed by atoms with van der Waals surface area (Å²) in [4.78, 5) is 6.86. The van der Waals surface area contributed by atoms with Gasteiger partial charge in [-0.25, -0.2) is 0 Å². The van der Waals surface area contributed by atoms with Crippen LogP contribution in [0.2, 0.25) is 0 Å². The largest absolute Gasteiger partial charge is 0.356 e. The van der Waals surface area contributed by atoms with E-state index in [1.54, 1.807) is 0 Å². The number of aromatic nitrogens is 2. The average molecular weight is 335 g/mol. The maximum absolute atomic E-state index is 4.54. The minimum atomic E-state index is 0.489. The molecule has 1 unspecified atom stereocenters. The molecule has 1 aromatic heterocycles. The molecule has 1 aliphatic heterocycles. The summed E-state index contributed by atoms with van der Waals surface area (Å²) in [6, 6.07) is 2.13. The van der Waals surface area contributed by atoms with Crippen molar-refractivity contribution in [3.63, 3.8) is 0 Å². The lowest BCUT2D eigenvalue weighted by atomic mass is 10.1. The monoisotopic (exact) mass is 334 g/mol. The second kappa shape index (κ2) is 9.67. The van der Waals surface area contributed by atoms with Gasteiger partial charge in [0.2, 0.25) is 0 Å². The van der Waals surface area contributed by atoms with E-state index >= 15 is 0 Å². The summed E-state index contributed by atoms with van der Waals surface area (Å²) in [6.07, 6.45) is 4.08. The van der Waals surface area contributed by atoms with Gasteiger partial charge in [0.25, 0.3) is 0 Å². The van der Waals surface area contributed by atoms with Crippen LogP contribution >= 0.6 is 0 Å². The van der Waals surface area contributed by atoms with Gasteiger partial charge in [0.05, 0.1) is 5.69 Å². The number of rotatable bonds is 7. The summed E-state index contributed by atoms with van der Waals surface area (Å²) in [5.41, 5.74) is 2.31. The van der Waals surface area contributed by atoms with Gasteiger partial charge in [0.15, 0.2) is 5.96 Å². The van der Waals surface area contributed by atoms with E-state index in [4.69, 9.17) is 0 Å². The lowest BCUT2D eigenvalue weighted by Gasteiger charge is -2.26. The number of hydrogen-bond donors (Lipinski definition) is 2. The van der Waals surface area contributed by atoms with Gasteiger partial charge < -0.3 is 15.5 Å². The molecule has 0 bridgehead atoms. The van der Waals surface area contributed by atoms with Crippen molar-refractivity contribution >= 4 is 5.96 Å². The van der Waals surface area contributed by atoms with Crippen LogP contribution in [0.1, 0.15) is 37.6 Å². The second-order valence-electron chi connectivity index (χ2n) is 7.00. The Bertz CT molecular complexity index is 516. The molecule has 6 nitrogen and oxygen atoms in total. The van der Waals surface area contributed by atoms with Gasteiger partial charge in [-0.15, -0.1) is 0 Å². The Morgan fingerprint density at radius 3 is 2.62 bits per heavy atom. The molecule has 0 aromatic carbocycles. The lowest BCUT2D eigenvalue weighted by Crippen LogP contribution is -2.44. The van der Waals surface area contributed by atoms with E-state index < -0.39 is 0 Å². The molecule has 0 amide bonds. The molecule has 0 radical (unpaired) electrons. The molecule has 0 spiro atoms. The number of nitrogens with one attached hydrogen (secondary N) is 2. The summed E-state index contributed by atoms with van der Waals surface area (Å²) in [5, 5.41) is 11.4. The van der Waals surface area contributed by atoms with Crippen LogP contribution in [-0.2, 0) is 6.54 Å². The Morgan fingerprint density at radius 2 is 2.00 bits per heavy atom. The molecule has 0 saturated carbocycles. The van der Waals surface area contributed by atoms with E-state index in [1.165, 1.54) is 38.0 Å². The molecule has 6 heteroatoms. The Labute approximate surface area is 146 Å². The normalized spacial score (nSPS) is 17.8. The predicted octanol–water partition coefficient (Wildman–Crippen LogP) is 1.79. The fraction of sp³-hybridized carbons (Fsp3) is 0.778. The number of likely N-dealkylation sites (tertiary alicyclic amines) is 1. The zero-order valence-electron chi connectivity index (χ0n) is 15.8. The van der Waals surface area contributed by atoms with Gasteiger partial charge in [0, 0.05) is 38.9 Å². The molecule has 2 heterocycles. The van der Waals surface area contributed by atoms with E-state index in [1.807, 2.05) is 14.0 Å². The first kappa shape index (κ1) is 18.8. The van der Waals surface area contributed by atoms with Crippen molar-refractivity contribution in [1.82, 2.24) is 25.3 Å². The van der Waals surface area contributed by atoms with E-state index in [9.17, 15) is 0 Å². The third-order valence-electron chi connectivity index (χ3n) is 4.60. The third-order valence-corrected chi connectivity index (χ3v) is 4.60. The molecule has 136 valence electrons. The number of aryl methyl sites for hydroxylation is 2. The molecule has 1 aromatic rings. The van der Waals surface area contributed by atoms with Crippen molar-refractivity contribution in [3.8, 4) is 0 Å². The first-order chi connectivity index (χ1) is 11.6. The third kappa shape index (κ3) is 6.15. The summed E-state index contributed by atoms with van der Waals surface area (Å²) < 4.78 is 2.09. The minimum Gasteiger partial charge on any atom is -0.356 e. The molecule has 2 rings (SSSR count). The van der Waals surface area contributed by atoms with Gasteiger partial charge >= 0.3 is 0 Å². The van der Waals surface area contributed by atoms with Crippen molar-refractivity contribution < 1.29 is 0 Å². The number of nitrogens with zero attached hydrogens (tertiary/aromatic N) is 4. The summed E-state index contributed by atoms with van der Waals surface area (Å²) >= 11 is 0. The zero-order chi connectivity index (χ0) is 17.4. The van der Waals surface area contributed by atoms with Crippen molar-refractivity contribution in [2.45, 2.75) is 46.6 Å². The highest BCUT2D eigenvalue weighted by atomic mass is 15.3. The van der Waals surface area contributed by atoms with Crippen LogP contribution in [0.5, 0.6) is 0 Å². The Kier molecular flexibility index (Phi) is 7.56. The number of piperidine rings is 1. The predicted molar refractivity (Wildman–Crippen MR) is 101 cm³/mol. The van der Waals surface area contributed by atoms with E-state index in [-0.39, 0.29) is 0 Å². The standard InChI is InChI=1S/C18H34N6/c1-15(14-24-17(3)12-16(2)22-24)13-21-18(19-4)20-8-11-23-9-6-5-7-10-23/h12,15H,5-11,13-14H2,1-4H3,(H2,19,20,21). The lowest BCUT2D eigenvalue weighted by molar-refractivity contribution is 0.232. The van der Waals surface area contributed by atoms with Gasteiger partial charge in [0.1, 0.15) is 0 Å². The number of hydrogen-bond acceptors (Lipinski definition) is 3. The van der Waals surface area contributed by atoms with E-state index in [2.05, 4.69) is 50.2 Å². The Hall–Kier alpha value is -1.56. The highest BCUT2D eigenvalue weighted by Gasteiger charge is 2.10. The summed E-state index contributed by atoms with van der Waals surface area (Å²) in [5.74, 6) is 1.39. The van der Waals surface area contributed by atoms with Crippen LogP contribution < -0.4 is 10.6 Å². The minimum absolute atomic E-state index is 0.489. The molecular formula is C18H34N6. The highest BCUT2D eigenvalue weighted by Crippen LogP contribution is 2.07. The molecule has 2 N–H and O–H groups in total. The zero-order valence-corrected chi connectivity index (χ0v) is 15.8. The summed E-state index contributed by atoms with van der Waals surface area (Å²) in [6.45, 7) is 12.7. The SMILES string of the molecule is CN=C(NCCN1CCCCC1)NCC(C)Cn1nc(C)cc1C. The van der Waals surface area contributed by atoms with Gasteiger partial charge in [-0.1, -0.05) is 13.3 Å². The maximum atomic E-state index is 4.54. The first-order valence-corrected chi connectivity index (χ1v) is 9.26. The quantitative estimate of drug-likeness (QED) is 0.590. The molecule has 1 fully saturated rings. The molecule has 0 aliphatic carbocycles. The van der Waals surface area contributed by atoms with Crippen molar-refractivity contribution in [1.29, 1.82) is 0 Å². The Balaban J connectivity index is 1.65. The van der Waals surface area contributed by atoms with Crippen LogP contribution in [0.4, 0.5) is 0 Å². The highest BCUT2D eigenvalue weighted by molar-refractivity contribution is 5.79. The van der Waals surface area contributed by atoms with E-state index in [0.29, 0.717) is 5.92 Å². The molecule has 1 saturated heterocycles. The molecule has 24 heavy (non-hydrogen) atoms. The van der Waals surface area contributed by atoms with Crippen LogP contribution in [0.25, 0.3) is 0 Å². The van der Waals surface area contributed by atoms with Crippen LogP contribution in [0.3, 0.4) is 0 Å². The molecular weight excluding hydrogens is 300 g/mol. The second-order valence-corrected chi connectivity index (χ2v) is 7.00. The topological polar surface area (TPSA) is 57.5 Å². The summed E-state index contributed by atoms with van der Waals surface area (Å²) in [7, 11) is 1.84. The first-order valence-electron chi connectivity index (χ1n) is 9.26. The van der Waals surface area contributed by atoms with Gasteiger partial charge in [-0.05, 0) is 51.8 Å².